The second-order valence-electron chi connectivity index (χ2n) is 3.72. The van der Waals surface area contributed by atoms with E-state index in [0.29, 0.717) is 11.4 Å². The highest BCUT2D eigenvalue weighted by Gasteiger charge is 2.46. The SMILES string of the molecule is CC1(C)Nc2c(N)cccc2[N+]1=O. The molecular weight excluding hydrogens is 166 g/mol. The predicted octanol–water partition coefficient (Wildman–Crippen LogP) is 1.84. The molecule has 0 saturated heterocycles. The number of para-hydroxylation sites is 1. The standard InChI is InChI=1S/C9H12N3O/c1-9(2)11-8-6(10)4-3-5-7(8)12(9)13/h3-5,11H,10H2,1-2H3/q+1. The minimum Gasteiger partial charge on any atom is -0.397 e. The molecule has 1 aromatic carbocycles. The maximum atomic E-state index is 11.7. The van der Waals surface area contributed by atoms with Crippen molar-refractivity contribution in [1.29, 1.82) is 0 Å². The second-order valence-corrected chi connectivity index (χ2v) is 3.72. The van der Waals surface area contributed by atoms with Crippen LogP contribution in [0.2, 0.25) is 0 Å². The number of anilines is 2. The lowest BCUT2D eigenvalue weighted by atomic mass is 10.2. The van der Waals surface area contributed by atoms with E-state index in [1.54, 1.807) is 18.2 Å². The molecule has 2 rings (SSSR count). The van der Waals surface area contributed by atoms with Gasteiger partial charge in [-0.3, -0.25) is 0 Å². The van der Waals surface area contributed by atoms with Crippen LogP contribution in [0.1, 0.15) is 13.8 Å². The van der Waals surface area contributed by atoms with Crippen molar-refractivity contribution >= 4 is 17.1 Å². The van der Waals surface area contributed by atoms with Gasteiger partial charge in [0.2, 0.25) is 0 Å². The summed E-state index contributed by atoms with van der Waals surface area (Å²) in [6, 6.07) is 5.32. The van der Waals surface area contributed by atoms with E-state index in [1.807, 2.05) is 13.8 Å². The highest BCUT2D eigenvalue weighted by atomic mass is 16.3. The summed E-state index contributed by atoms with van der Waals surface area (Å²) in [7, 11) is 0. The summed E-state index contributed by atoms with van der Waals surface area (Å²) in [6.45, 7) is 3.64. The summed E-state index contributed by atoms with van der Waals surface area (Å²) in [4.78, 5) is 11.7. The number of nitroso groups, excluding NO2 is 1. The first-order valence-electron chi connectivity index (χ1n) is 4.16. The molecule has 0 bridgehead atoms. The van der Waals surface area contributed by atoms with Crippen LogP contribution < -0.4 is 11.1 Å². The molecule has 3 N–H and O–H groups in total. The molecule has 4 nitrogen and oxygen atoms in total. The van der Waals surface area contributed by atoms with Crippen LogP contribution in [0.25, 0.3) is 0 Å². The highest BCUT2D eigenvalue weighted by Crippen LogP contribution is 2.40. The van der Waals surface area contributed by atoms with Crippen LogP contribution in [0.4, 0.5) is 17.1 Å². The fraction of sp³-hybridized carbons (Fsp3) is 0.333. The molecule has 1 aliphatic rings. The van der Waals surface area contributed by atoms with E-state index in [2.05, 4.69) is 5.32 Å². The number of nitrogens with zero attached hydrogens (tertiary/aromatic N) is 1. The molecule has 1 aromatic rings. The molecule has 0 atom stereocenters. The molecule has 0 spiro atoms. The van der Waals surface area contributed by atoms with E-state index in [9.17, 15) is 4.91 Å². The molecule has 1 aliphatic heterocycles. The minimum absolute atomic E-state index is 0.599. The molecule has 0 amide bonds. The van der Waals surface area contributed by atoms with E-state index in [1.165, 1.54) is 0 Å². The fourth-order valence-corrected chi connectivity index (χ4v) is 1.52. The maximum absolute atomic E-state index is 11.7. The van der Waals surface area contributed by atoms with Crippen LogP contribution in [-0.2, 0) is 0 Å². The maximum Gasteiger partial charge on any atom is 0.284 e. The lowest BCUT2D eigenvalue weighted by molar-refractivity contribution is -0.527. The van der Waals surface area contributed by atoms with E-state index in [4.69, 9.17) is 5.73 Å². The molecule has 13 heavy (non-hydrogen) atoms. The number of fused-ring (bicyclic) bond motifs is 1. The third-order valence-corrected chi connectivity index (χ3v) is 2.23. The smallest absolute Gasteiger partial charge is 0.284 e. The number of rotatable bonds is 0. The van der Waals surface area contributed by atoms with Crippen molar-refractivity contribution in [2.45, 2.75) is 19.5 Å². The number of nitrogens with one attached hydrogen (secondary N) is 1. The Balaban J connectivity index is 2.63. The Hall–Kier alpha value is -1.58. The summed E-state index contributed by atoms with van der Waals surface area (Å²) in [5.41, 5.74) is 7.10. The summed E-state index contributed by atoms with van der Waals surface area (Å²) in [6.07, 6.45) is 0. The Morgan fingerprint density at radius 3 is 2.77 bits per heavy atom. The Labute approximate surface area is 76.3 Å². The van der Waals surface area contributed by atoms with Crippen LogP contribution in [0.3, 0.4) is 0 Å². The van der Waals surface area contributed by atoms with Crippen LogP contribution in [0.5, 0.6) is 0 Å². The quantitative estimate of drug-likeness (QED) is 0.470. The van der Waals surface area contributed by atoms with Gasteiger partial charge in [0.15, 0.2) is 0 Å². The average molecular weight is 178 g/mol. The van der Waals surface area contributed by atoms with Gasteiger partial charge in [-0.15, -0.1) is 0 Å². The highest BCUT2D eigenvalue weighted by molar-refractivity contribution is 5.78. The lowest BCUT2D eigenvalue weighted by Crippen LogP contribution is -2.34. The molecule has 0 aliphatic carbocycles. The zero-order valence-electron chi connectivity index (χ0n) is 7.66. The molecule has 0 unspecified atom stereocenters. The third-order valence-electron chi connectivity index (χ3n) is 2.23. The van der Waals surface area contributed by atoms with Crippen LogP contribution in [0, 0.1) is 4.91 Å². The summed E-state index contributed by atoms with van der Waals surface area (Å²) in [5.74, 6) is 0. The van der Waals surface area contributed by atoms with Crippen molar-refractivity contribution in [3.8, 4) is 0 Å². The number of nitrogens with two attached hydrogens (primary N) is 1. The van der Waals surface area contributed by atoms with Crippen molar-refractivity contribution in [3.05, 3.63) is 23.1 Å². The van der Waals surface area contributed by atoms with Crippen LogP contribution in [0.15, 0.2) is 18.2 Å². The van der Waals surface area contributed by atoms with Gasteiger partial charge in [0, 0.05) is 24.8 Å². The van der Waals surface area contributed by atoms with Crippen molar-refractivity contribution in [1.82, 2.24) is 0 Å². The van der Waals surface area contributed by atoms with E-state index < -0.39 is 5.66 Å². The fourth-order valence-electron chi connectivity index (χ4n) is 1.52. The molecule has 0 aromatic heterocycles. The number of hydrogen-bond acceptors (Lipinski definition) is 3. The van der Waals surface area contributed by atoms with Gasteiger partial charge in [-0.05, 0) is 6.07 Å². The van der Waals surface area contributed by atoms with E-state index in [0.717, 1.165) is 10.4 Å². The van der Waals surface area contributed by atoms with Gasteiger partial charge >= 0.3 is 0 Å². The van der Waals surface area contributed by atoms with Crippen LogP contribution in [-0.4, -0.2) is 10.4 Å². The Bertz CT molecular complexity index is 384. The Morgan fingerprint density at radius 1 is 1.46 bits per heavy atom. The first kappa shape index (κ1) is 8.04. The Kier molecular flexibility index (Phi) is 1.37. The molecular formula is C9H12N3O+. The minimum atomic E-state index is -0.599. The summed E-state index contributed by atoms with van der Waals surface area (Å²) in [5, 5.41) is 3.08. The first-order valence-corrected chi connectivity index (χ1v) is 4.16. The van der Waals surface area contributed by atoms with Gasteiger partial charge in [0.25, 0.3) is 11.4 Å². The van der Waals surface area contributed by atoms with Crippen molar-refractivity contribution in [3.63, 3.8) is 0 Å². The predicted molar refractivity (Wildman–Crippen MR) is 51.8 cm³/mol. The van der Waals surface area contributed by atoms with Gasteiger partial charge in [-0.2, -0.15) is 0 Å². The first-order chi connectivity index (χ1) is 6.02. The topological polar surface area (TPSA) is 58.1 Å². The zero-order chi connectivity index (χ0) is 9.64. The summed E-state index contributed by atoms with van der Waals surface area (Å²) < 4.78 is 0.943. The molecule has 0 radical (unpaired) electrons. The van der Waals surface area contributed by atoms with Crippen molar-refractivity contribution < 1.29 is 4.76 Å². The lowest BCUT2D eigenvalue weighted by Gasteiger charge is -2.07. The van der Waals surface area contributed by atoms with Gasteiger partial charge in [0.1, 0.15) is 5.69 Å². The number of benzene rings is 1. The molecule has 0 fully saturated rings. The number of nitrogen functional groups attached to an aromatic ring is 1. The molecule has 68 valence electrons. The molecule has 0 saturated carbocycles. The van der Waals surface area contributed by atoms with Crippen molar-refractivity contribution in [2.24, 2.45) is 0 Å². The van der Waals surface area contributed by atoms with Gasteiger partial charge in [-0.25, -0.2) is 0 Å². The second kappa shape index (κ2) is 2.22. The summed E-state index contributed by atoms with van der Waals surface area (Å²) >= 11 is 0. The Morgan fingerprint density at radius 2 is 2.15 bits per heavy atom. The molecule has 4 heteroatoms. The van der Waals surface area contributed by atoms with E-state index in [-0.39, 0.29) is 0 Å². The number of hydrogen-bond donors (Lipinski definition) is 2. The van der Waals surface area contributed by atoms with Crippen LogP contribution >= 0.6 is 0 Å². The van der Waals surface area contributed by atoms with Gasteiger partial charge < -0.3 is 11.1 Å². The van der Waals surface area contributed by atoms with Crippen molar-refractivity contribution in [2.75, 3.05) is 11.1 Å². The third kappa shape index (κ3) is 0.983. The normalized spacial score (nSPS) is 18.2. The van der Waals surface area contributed by atoms with Gasteiger partial charge in [-0.1, -0.05) is 6.07 Å². The largest absolute Gasteiger partial charge is 0.397 e. The zero-order valence-corrected chi connectivity index (χ0v) is 7.66. The van der Waals surface area contributed by atoms with E-state index >= 15 is 0 Å². The monoisotopic (exact) mass is 178 g/mol. The average Bonchev–Trinajstić information content (AvgIpc) is 2.28. The molecule has 1 heterocycles. The van der Waals surface area contributed by atoms with Gasteiger partial charge in [0.05, 0.1) is 10.4 Å².